The highest BCUT2D eigenvalue weighted by molar-refractivity contribution is 6.33. The number of hydrogen-bond donors (Lipinski definition) is 1. The molecule has 1 saturated heterocycles. The molecule has 1 N–H and O–H groups in total. The number of aromatic nitrogens is 2. The molecule has 0 spiro atoms. The van der Waals surface area contributed by atoms with E-state index in [1.165, 1.54) is 0 Å². The van der Waals surface area contributed by atoms with Crippen LogP contribution in [0.4, 0.5) is 11.7 Å². The van der Waals surface area contributed by atoms with E-state index in [-0.39, 0.29) is 29.8 Å². The number of ether oxygens (including phenoxy) is 1. The van der Waals surface area contributed by atoms with Gasteiger partial charge in [0.1, 0.15) is 12.0 Å². The van der Waals surface area contributed by atoms with E-state index in [0.717, 1.165) is 44.8 Å². The Morgan fingerprint density at radius 2 is 2.00 bits per heavy atom. The Kier molecular flexibility index (Phi) is 6.90. The van der Waals surface area contributed by atoms with E-state index in [0.29, 0.717) is 35.6 Å². The fourth-order valence-corrected chi connectivity index (χ4v) is 4.29. The van der Waals surface area contributed by atoms with E-state index < -0.39 is 0 Å². The molecule has 0 radical (unpaired) electrons. The summed E-state index contributed by atoms with van der Waals surface area (Å²) in [6.07, 6.45) is 5.63. The van der Waals surface area contributed by atoms with Gasteiger partial charge in [-0.05, 0) is 55.8 Å². The van der Waals surface area contributed by atoms with Gasteiger partial charge in [0.2, 0.25) is 5.69 Å². The van der Waals surface area contributed by atoms with Crippen LogP contribution in [0.5, 0.6) is 5.75 Å². The van der Waals surface area contributed by atoms with Gasteiger partial charge in [-0.2, -0.15) is 4.98 Å². The third-order valence-electron chi connectivity index (χ3n) is 5.97. The van der Waals surface area contributed by atoms with Crippen molar-refractivity contribution in [2.45, 2.75) is 50.7 Å². The predicted octanol–water partition coefficient (Wildman–Crippen LogP) is 3.81. The second kappa shape index (κ2) is 10.0. The SMILES string of the molecule is [C-]#[N+]c1ccc(OC2CCC(NC(=O)c3noc(N4CCC(C=O)CC4)n3)CC2)cc1Cl. The molecule has 2 aromatic rings. The first-order valence-corrected chi connectivity index (χ1v) is 11.1. The summed E-state index contributed by atoms with van der Waals surface area (Å²) in [6.45, 7) is 8.36. The van der Waals surface area contributed by atoms with E-state index >= 15 is 0 Å². The second-order valence-corrected chi connectivity index (χ2v) is 8.56. The first kappa shape index (κ1) is 22.1. The Morgan fingerprint density at radius 3 is 2.66 bits per heavy atom. The van der Waals surface area contributed by atoms with E-state index in [4.69, 9.17) is 27.4 Å². The highest BCUT2D eigenvalue weighted by Crippen LogP contribution is 2.31. The van der Waals surface area contributed by atoms with Gasteiger partial charge in [0.15, 0.2) is 0 Å². The molecule has 1 amide bonds. The molecule has 0 atom stereocenters. The zero-order valence-corrected chi connectivity index (χ0v) is 18.3. The summed E-state index contributed by atoms with van der Waals surface area (Å²) in [7, 11) is 0. The van der Waals surface area contributed by atoms with E-state index in [1.54, 1.807) is 18.2 Å². The zero-order chi connectivity index (χ0) is 22.5. The van der Waals surface area contributed by atoms with Crippen molar-refractivity contribution < 1.29 is 18.8 Å². The minimum Gasteiger partial charge on any atom is -0.490 e. The fourth-order valence-electron chi connectivity index (χ4n) is 4.08. The van der Waals surface area contributed by atoms with Crippen LogP contribution in [0.3, 0.4) is 0 Å². The molecule has 2 heterocycles. The normalized spacial score (nSPS) is 21.6. The summed E-state index contributed by atoms with van der Waals surface area (Å²) in [5.74, 6) is 0.386. The summed E-state index contributed by atoms with van der Waals surface area (Å²) in [4.78, 5) is 32.9. The molecule has 0 unspecified atom stereocenters. The van der Waals surface area contributed by atoms with Crippen LogP contribution in [0.2, 0.25) is 5.02 Å². The van der Waals surface area contributed by atoms with Crippen LogP contribution in [-0.2, 0) is 4.79 Å². The topological polar surface area (TPSA) is 102 Å². The van der Waals surface area contributed by atoms with Gasteiger partial charge in [-0.1, -0.05) is 17.7 Å². The maximum Gasteiger partial charge on any atom is 0.324 e. The molecule has 1 aromatic heterocycles. The number of carbonyl (C=O) groups excluding carboxylic acids is 2. The number of aldehydes is 1. The summed E-state index contributed by atoms with van der Waals surface area (Å²) >= 11 is 6.07. The standard InChI is InChI=1S/C22H24ClN5O4/c1-24-19-7-6-17(12-18(19)23)31-16-4-2-15(3-5-16)25-21(30)20-26-22(32-27-20)28-10-8-14(13-29)9-11-28/h6-7,12-16H,2-5,8-11H2,(H,25,30). The van der Waals surface area contributed by atoms with E-state index in [9.17, 15) is 9.59 Å². The number of halogens is 1. The lowest BCUT2D eigenvalue weighted by Crippen LogP contribution is -2.40. The number of piperidine rings is 1. The van der Waals surface area contributed by atoms with Crippen molar-refractivity contribution in [1.29, 1.82) is 0 Å². The molecule has 168 valence electrons. The first-order valence-electron chi connectivity index (χ1n) is 10.7. The maximum absolute atomic E-state index is 12.5. The Morgan fingerprint density at radius 1 is 1.25 bits per heavy atom. The molecule has 2 fully saturated rings. The van der Waals surface area contributed by atoms with Crippen LogP contribution in [0, 0.1) is 12.5 Å². The number of nitrogens with one attached hydrogen (secondary N) is 1. The van der Waals surface area contributed by atoms with Crippen molar-refractivity contribution in [3.63, 3.8) is 0 Å². The number of benzene rings is 1. The molecule has 2 aliphatic rings. The molecule has 0 bridgehead atoms. The Balaban J connectivity index is 1.24. The molecule has 10 heteroatoms. The van der Waals surface area contributed by atoms with E-state index in [1.807, 2.05) is 4.90 Å². The van der Waals surface area contributed by atoms with Crippen LogP contribution < -0.4 is 15.0 Å². The summed E-state index contributed by atoms with van der Waals surface area (Å²) in [6, 6.07) is 5.40. The van der Waals surface area contributed by atoms with Crippen LogP contribution in [0.25, 0.3) is 4.85 Å². The van der Waals surface area contributed by atoms with Gasteiger partial charge < -0.3 is 24.3 Å². The Labute approximate surface area is 190 Å². The van der Waals surface area contributed by atoms with Crippen molar-refractivity contribution in [1.82, 2.24) is 15.5 Å². The molecule has 9 nitrogen and oxygen atoms in total. The van der Waals surface area contributed by atoms with E-state index in [2.05, 4.69) is 20.3 Å². The maximum atomic E-state index is 12.5. The minimum atomic E-state index is -0.353. The van der Waals surface area contributed by atoms with Crippen LogP contribution >= 0.6 is 11.6 Å². The van der Waals surface area contributed by atoms with Crippen molar-refractivity contribution in [3.05, 3.63) is 40.5 Å². The number of amides is 1. The Hall–Kier alpha value is -3.12. The summed E-state index contributed by atoms with van der Waals surface area (Å²) in [5.41, 5.74) is 0.403. The van der Waals surface area contributed by atoms with Gasteiger partial charge >= 0.3 is 6.01 Å². The summed E-state index contributed by atoms with van der Waals surface area (Å²) < 4.78 is 11.3. The van der Waals surface area contributed by atoms with Crippen LogP contribution in [0.1, 0.15) is 49.1 Å². The molecular formula is C22H24ClN5O4. The van der Waals surface area contributed by atoms with Crippen LogP contribution in [0.15, 0.2) is 22.7 Å². The lowest BCUT2D eigenvalue weighted by Gasteiger charge is -2.29. The minimum absolute atomic E-state index is 0.0146. The number of hydrogen-bond acceptors (Lipinski definition) is 7. The average molecular weight is 458 g/mol. The fraction of sp³-hybridized carbons (Fsp3) is 0.500. The molecule has 1 saturated carbocycles. The van der Waals surface area contributed by atoms with Crippen LogP contribution in [-0.4, -0.2) is 47.6 Å². The zero-order valence-electron chi connectivity index (χ0n) is 17.5. The molecule has 32 heavy (non-hydrogen) atoms. The number of carbonyl (C=O) groups is 2. The summed E-state index contributed by atoms with van der Waals surface area (Å²) in [5, 5.41) is 7.18. The van der Waals surface area contributed by atoms with Gasteiger partial charge in [0.25, 0.3) is 11.7 Å². The van der Waals surface area contributed by atoms with Crippen molar-refractivity contribution in [2.75, 3.05) is 18.0 Å². The smallest absolute Gasteiger partial charge is 0.324 e. The van der Waals surface area contributed by atoms with Crippen molar-refractivity contribution in [3.8, 4) is 5.75 Å². The van der Waals surface area contributed by atoms with Gasteiger partial charge in [0.05, 0.1) is 17.7 Å². The quantitative estimate of drug-likeness (QED) is 0.519. The number of rotatable bonds is 6. The largest absolute Gasteiger partial charge is 0.490 e. The second-order valence-electron chi connectivity index (χ2n) is 8.15. The molecule has 1 aliphatic carbocycles. The van der Waals surface area contributed by atoms with Gasteiger partial charge in [0, 0.05) is 25.0 Å². The monoisotopic (exact) mass is 457 g/mol. The highest BCUT2D eigenvalue weighted by Gasteiger charge is 2.27. The third kappa shape index (κ3) is 5.19. The van der Waals surface area contributed by atoms with Gasteiger partial charge in [-0.3, -0.25) is 4.79 Å². The van der Waals surface area contributed by atoms with Gasteiger partial charge in [-0.15, -0.1) is 0 Å². The molecule has 1 aromatic carbocycles. The van der Waals surface area contributed by atoms with Crippen molar-refractivity contribution in [2.24, 2.45) is 5.92 Å². The van der Waals surface area contributed by atoms with Gasteiger partial charge in [-0.25, -0.2) is 4.85 Å². The molecule has 1 aliphatic heterocycles. The Bertz CT molecular complexity index is 1000. The number of anilines is 1. The molecule has 4 rings (SSSR count). The number of nitrogens with zero attached hydrogens (tertiary/aromatic N) is 4. The third-order valence-corrected chi connectivity index (χ3v) is 6.28. The first-order chi connectivity index (χ1) is 15.6. The van der Waals surface area contributed by atoms with Crippen molar-refractivity contribution >= 4 is 35.5 Å². The average Bonchev–Trinajstić information content (AvgIpc) is 3.31. The lowest BCUT2D eigenvalue weighted by molar-refractivity contribution is -0.111. The lowest BCUT2D eigenvalue weighted by atomic mass is 9.93. The highest BCUT2D eigenvalue weighted by atomic mass is 35.5. The molecular weight excluding hydrogens is 434 g/mol. The predicted molar refractivity (Wildman–Crippen MR) is 117 cm³/mol.